The summed E-state index contributed by atoms with van der Waals surface area (Å²) >= 11 is 0. The Morgan fingerprint density at radius 3 is 2.51 bits per heavy atom. The molecule has 2 atom stereocenters. The van der Waals surface area contributed by atoms with Gasteiger partial charge in [-0.3, -0.25) is 9.69 Å². The summed E-state index contributed by atoms with van der Waals surface area (Å²) in [5.41, 5.74) is 4.96. The van der Waals surface area contributed by atoms with Crippen molar-refractivity contribution in [2.45, 2.75) is 71.1 Å². The number of fused-ring (bicyclic) bond motifs is 2. The molecule has 1 amide bonds. The fraction of sp³-hybridized carbons (Fsp3) is 0.545. The van der Waals surface area contributed by atoms with Crippen molar-refractivity contribution in [3.8, 4) is 18.4 Å². The number of anilines is 1. The van der Waals surface area contributed by atoms with Crippen LogP contribution < -0.4 is 9.64 Å². The van der Waals surface area contributed by atoms with E-state index in [4.69, 9.17) is 16.1 Å². The molecule has 0 N–H and O–H groups in total. The first kappa shape index (κ1) is 30.5. The molecule has 0 bridgehead atoms. The molecule has 1 aliphatic carbocycles. The minimum Gasteiger partial charge on any atom is -0.467 e. The average molecular weight is 559 g/mol. The van der Waals surface area contributed by atoms with Crippen molar-refractivity contribution in [3.05, 3.63) is 59.3 Å². The number of terminal acetylenes is 1. The molecule has 1 aromatic carbocycles. The number of amides is 1. The van der Waals surface area contributed by atoms with Gasteiger partial charge in [-0.1, -0.05) is 57.0 Å². The zero-order valence-electron chi connectivity index (χ0n) is 25.3. The summed E-state index contributed by atoms with van der Waals surface area (Å²) in [6.07, 6.45) is 13.5. The van der Waals surface area contributed by atoms with Crippen LogP contribution in [-0.4, -0.2) is 83.5 Å². The first-order valence-electron chi connectivity index (χ1n) is 15.0. The van der Waals surface area contributed by atoms with Crippen molar-refractivity contribution >= 4 is 11.7 Å². The number of likely N-dealkylation sites (tertiary alicyclic amines) is 1. The van der Waals surface area contributed by atoms with Gasteiger partial charge in [0.1, 0.15) is 11.9 Å². The summed E-state index contributed by atoms with van der Waals surface area (Å²) < 4.78 is 5.44. The maximum Gasteiger partial charge on any atom is 0.318 e. The number of ether oxygens (including phenoxy) is 1. The maximum atomic E-state index is 12.1. The Hall–Kier alpha value is -3.41. The summed E-state index contributed by atoms with van der Waals surface area (Å²) in [4.78, 5) is 30.2. The molecule has 6 rings (SSSR count). The number of piperazine rings is 1. The molecule has 220 valence electrons. The van der Waals surface area contributed by atoms with Gasteiger partial charge in [0.2, 0.25) is 5.91 Å². The van der Waals surface area contributed by atoms with Crippen LogP contribution in [0.5, 0.6) is 6.01 Å². The lowest BCUT2D eigenvalue weighted by Gasteiger charge is -2.40. The molecule has 8 nitrogen and oxygen atoms in total. The Labute approximate surface area is 246 Å². The number of carbonyl (C=O) groups excluding carboxylic acids is 1. The number of aromatic nitrogens is 2. The van der Waals surface area contributed by atoms with Gasteiger partial charge in [-0.05, 0) is 63.0 Å². The number of hydrogen-bond donors (Lipinski definition) is 0. The van der Waals surface area contributed by atoms with Crippen LogP contribution in [0, 0.1) is 12.3 Å². The van der Waals surface area contributed by atoms with Crippen LogP contribution in [0.2, 0.25) is 0 Å². The predicted octanol–water partition coefficient (Wildman–Crippen LogP) is 4.45. The molecule has 4 aliphatic rings. The van der Waals surface area contributed by atoms with Crippen LogP contribution in [0.1, 0.15) is 68.0 Å². The highest BCUT2D eigenvalue weighted by Gasteiger charge is 2.37. The zero-order chi connectivity index (χ0) is 29.4. The first-order chi connectivity index (χ1) is 19.9. The van der Waals surface area contributed by atoms with Crippen LogP contribution >= 0.6 is 0 Å². The summed E-state index contributed by atoms with van der Waals surface area (Å²) in [6, 6.07) is 9.18. The standard InChI is InChI=1S/C25H27N5O2.C5H11N.C3H8/c1-4-18-14-28(23(31)5-2)12-13-30(18)24-20-15-29(16-21(20)26-25(27-24)32-3)22-11-10-17-8-6-7-9-19(17)22;1-6-4-2-3-5-6;1-3-2/h1,5-9,18,22H,2,10-16H2,3H3;2-5H2,1H3;3H2,1-2H3. The minimum absolute atomic E-state index is 0.0959. The van der Waals surface area contributed by atoms with Gasteiger partial charge in [0.15, 0.2) is 0 Å². The lowest BCUT2D eigenvalue weighted by Crippen LogP contribution is -2.54. The molecule has 41 heavy (non-hydrogen) atoms. The lowest BCUT2D eigenvalue weighted by atomic mass is 10.1. The van der Waals surface area contributed by atoms with E-state index in [-0.39, 0.29) is 11.9 Å². The van der Waals surface area contributed by atoms with E-state index in [1.54, 1.807) is 12.0 Å². The van der Waals surface area contributed by atoms with Crippen LogP contribution in [0.4, 0.5) is 5.82 Å². The van der Waals surface area contributed by atoms with E-state index < -0.39 is 0 Å². The van der Waals surface area contributed by atoms with Crippen molar-refractivity contribution in [3.63, 3.8) is 0 Å². The van der Waals surface area contributed by atoms with Crippen LogP contribution in [-0.2, 0) is 24.3 Å². The Balaban J connectivity index is 0.000000372. The molecule has 2 fully saturated rings. The highest BCUT2D eigenvalue weighted by atomic mass is 16.5. The highest BCUT2D eigenvalue weighted by Crippen LogP contribution is 2.42. The van der Waals surface area contributed by atoms with E-state index in [2.05, 4.69) is 77.3 Å². The van der Waals surface area contributed by atoms with E-state index in [1.807, 2.05) is 0 Å². The second-order valence-corrected chi connectivity index (χ2v) is 11.2. The summed E-state index contributed by atoms with van der Waals surface area (Å²) in [7, 11) is 3.76. The highest BCUT2D eigenvalue weighted by molar-refractivity contribution is 5.87. The third-order valence-electron chi connectivity index (χ3n) is 8.15. The topological polar surface area (TPSA) is 65.0 Å². The normalized spacial score (nSPS) is 21.5. The third-order valence-corrected chi connectivity index (χ3v) is 8.15. The second-order valence-electron chi connectivity index (χ2n) is 11.2. The minimum atomic E-state index is -0.266. The number of hydrogen-bond acceptors (Lipinski definition) is 7. The molecular weight excluding hydrogens is 512 g/mol. The second kappa shape index (κ2) is 14.5. The van der Waals surface area contributed by atoms with Crippen molar-refractivity contribution in [1.29, 1.82) is 0 Å². The summed E-state index contributed by atoms with van der Waals surface area (Å²) in [5, 5.41) is 0. The number of methoxy groups -OCH3 is 1. The molecule has 0 spiro atoms. The van der Waals surface area contributed by atoms with Crippen LogP contribution in [0.3, 0.4) is 0 Å². The third kappa shape index (κ3) is 7.09. The zero-order valence-corrected chi connectivity index (χ0v) is 25.3. The number of carbonyl (C=O) groups is 1. The van der Waals surface area contributed by atoms with Gasteiger partial charge < -0.3 is 19.4 Å². The molecule has 4 heterocycles. The number of benzene rings is 1. The monoisotopic (exact) mass is 558 g/mol. The van der Waals surface area contributed by atoms with Crippen LogP contribution in [0.15, 0.2) is 36.9 Å². The fourth-order valence-electron chi connectivity index (χ4n) is 6.09. The Morgan fingerprint density at radius 2 is 1.88 bits per heavy atom. The van der Waals surface area contributed by atoms with Gasteiger partial charge in [-0.15, -0.1) is 6.42 Å². The Kier molecular flexibility index (Phi) is 10.8. The Bertz CT molecular complexity index is 1230. The van der Waals surface area contributed by atoms with Crippen LogP contribution in [0.25, 0.3) is 0 Å². The van der Waals surface area contributed by atoms with Gasteiger partial charge in [0.05, 0.1) is 19.3 Å². The van der Waals surface area contributed by atoms with E-state index in [9.17, 15) is 4.79 Å². The smallest absolute Gasteiger partial charge is 0.318 e. The predicted molar refractivity (Wildman–Crippen MR) is 165 cm³/mol. The van der Waals surface area contributed by atoms with E-state index in [0.717, 1.165) is 43.0 Å². The Morgan fingerprint density at radius 1 is 1.15 bits per heavy atom. The van der Waals surface area contributed by atoms with E-state index >= 15 is 0 Å². The van der Waals surface area contributed by atoms with E-state index in [0.29, 0.717) is 31.7 Å². The number of aryl methyl sites for hydroxylation is 1. The van der Waals surface area contributed by atoms with Crippen molar-refractivity contribution < 1.29 is 9.53 Å². The molecule has 2 unspecified atom stereocenters. The molecule has 0 radical (unpaired) electrons. The molecule has 2 saturated heterocycles. The van der Waals surface area contributed by atoms with Crippen molar-refractivity contribution in [2.75, 3.05) is 51.8 Å². The van der Waals surface area contributed by atoms with Gasteiger partial charge in [-0.25, -0.2) is 0 Å². The molecule has 2 aromatic rings. The lowest BCUT2D eigenvalue weighted by molar-refractivity contribution is -0.126. The SMILES string of the molecule is C#CC1CN(C(=O)C=C)CCN1c1nc(OC)nc2c1CN(C1CCc3ccccc31)C2.CCC.CN1CCCC1. The molecule has 8 heteroatoms. The number of rotatable bonds is 4. The molecule has 1 aromatic heterocycles. The maximum absolute atomic E-state index is 12.1. The largest absolute Gasteiger partial charge is 0.467 e. The van der Waals surface area contributed by atoms with Gasteiger partial charge in [0.25, 0.3) is 0 Å². The first-order valence-corrected chi connectivity index (χ1v) is 15.0. The molecule has 3 aliphatic heterocycles. The number of nitrogens with zero attached hydrogens (tertiary/aromatic N) is 6. The quantitative estimate of drug-likeness (QED) is 0.406. The van der Waals surface area contributed by atoms with Gasteiger partial charge in [-0.2, -0.15) is 9.97 Å². The van der Waals surface area contributed by atoms with Crippen molar-refractivity contribution in [2.24, 2.45) is 0 Å². The molecule has 0 saturated carbocycles. The van der Waals surface area contributed by atoms with Gasteiger partial charge >= 0.3 is 6.01 Å². The van der Waals surface area contributed by atoms with Gasteiger partial charge in [0, 0.05) is 37.8 Å². The van der Waals surface area contributed by atoms with Crippen molar-refractivity contribution in [1.82, 2.24) is 24.7 Å². The summed E-state index contributed by atoms with van der Waals surface area (Å²) in [5.74, 6) is 3.58. The fourth-order valence-corrected chi connectivity index (χ4v) is 6.09. The summed E-state index contributed by atoms with van der Waals surface area (Å²) in [6.45, 7) is 13.6. The average Bonchev–Trinajstić information content (AvgIpc) is 3.76. The van der Waals surface area contributed by atoms with E-state index in [1.165, 1.54) is 49.6 Å². The molecular formula is C33H46N6O2.